The van der Waals surface area contributed by atoms with Crippen LogP contribution in [0, 0.1) is 24.0 Å². The van der Waals surface area contributed by atoms with Crippen LogP contribution >= 0.6 is 0 Å². The van der Waals surface area contributed by atoms with E-state index in [1.807, 2.05) is 0 Å². The average molecular weight is 312 g/mol. The van der Waals surface area contributed by atoms with Crippen LogP contribution in [0.15, 0.2) is 17.0 Å². The summed E-state index contributed by atoms with van der Waals surface area (Å²) in [6, 6.07) is 2.57. The number of hydrogen-bond acceptors (Lipinski definition) is 5. The number of hydrogen-bond donors (Lipinski definition) is 0. The third-order valence-corrected chi connectivity index (χ3v) is 5.48. The first-order chi connectivity index (χ1) is 9.73. The number of piperidine rings is 1. The molecule has 0 atom stereocenters. The van der Waals surface area contributed by atoms with E-state index in [9.17, 15) is 23.3 Å². The second-order valence-electron chi connectivity index (χ2n) is 5.14. The Morgan fingerprint density at radius 1 is 1.24 bits per heavy atom. The number of nitrogens with zero attached hydrogens (tertiary/aromatic N) is 2. The van der Waals surface area contributed by atoms with Gasteiger partial charge < -0.3 is 0 Å². The first-order valence-corrected chi connectivity index (χ1v) is 7.95. The van der Waals surface area contributed by atoms with E-state index in [0.717, 1.165) is 4.31 Å². The van der Waals surface area contributed by atoms with Crippen molar-refractivity contribution in [1.29, 1.82) is 0 Å². The van der Waals surface area contributed by atoms with Gasteiger partial charge in [0.1, 0.15) is 5.78 Å². The van der Waals surface area contributed by atoms with Crippen LogP contribution < -0.4 is 0 Å². The van der Waals surface area contributed by atoms with E-state index >= 15 is 0 Å². The summed E-state index contributed by atoms with van der Waals surface area (Å²) in [7, 11) is -4.04. The van der Waals surface area contributed by atoms with Crippen molar-refractivity contribution in [1.82, 2.24) is 4.31 Å². The van der Waals surface area contributed by atoms with Crippen LogP contribution in [0.2, 0.25) is 0 Å². The van der Waals surface area contributed by atoms with Gasteiger partial charge in [0.15, 0.2) is 4.90 Å². The summed E-state index contributed by atoms with van der Waals surface area (Å²) in [5.41, 5.74) is 0.856. The lowest BCUT2D eigenvalue weighted by Crippen LogP contribution is -2.40. The Morgan fingerprint density at radius 3 is 2.43 bits per heavy atom. The Bertz CT molecular complexity index is 712. The van der Waals surface area contributed by atoms with Crippen LogP contribution in [0.3, 0.4) is 0 Å². The fraction of sp³-hybridized carbons (Fsp3) is 0.462. The number of carbonyl (C=O) groups is 1. The first kappa shape index (κ1) is 15.6. The van der Waals surface area contributed by atoms with E-state index in [1.54, 1.807) is 13.8 Å². The molecule has 1 aliphatic heterocycles. The molecule has 0 N–H and O–H groups in total. The Balaban J connectivity index is 2.56. The molecule has 0 aromatic heterocycles. The van der Waals surface area contributed by atoms with Gasteiger partial charge in [0.05, 0.1) is 11.5 Å². The fourth-order valence-corrected chi connectivity index (χ4v) is 3.96. The molecule has 8 heteroatoms. The van der Waals surface area contributed by atoms with Crippen LogP contribution in [-0.4, -0.2) is 36.5 Å². The van der Waals surface area contributed by atoms with Crippen LogP contribution in [0.4, 0.5) is 5.69 Å². The highest BCUT2D eigenvalue weighted by Crippen LogP contribution is 2.30. The van der Waals surface area contributed by atoms with Crippen molar-refractivity contribution in [2.45, 2.75) is 31.6 Å². The van der Waals surface area contributed by atoms with Crippen molar-refractivity contribution in [2.24, 2.45) is 0 Å². The van der Waals surface area contributed by atoms with Crippen LogP contribution in [0.1, 0.15) is 24.0 Å². The highest BCUT2D eigenvalue weighted by Gasteiger charge is 2.34. The zero-order valence-electron chi connectivity index (χ0n) is 11.8. The van der Waals surface area contributed by atoms with Gasteiger partial charge in [-0.3, -0.25) is 14.9 Å². The smallest absolute Gasteiger partial charge is 0.289 e. The second kappa shape index (κ2) is 5.53. The van der Waals surface area contributed by atoms with E-state index in [4.69, 9.17) is 0 Å². The molecule has 0 aliphatic carbocycles. The lowest BCUT2D eigenvalue weighted by Gasteiger charge is -2.25. The molecule has 1 fully saturated rings. The van der Waals surface area contributed by atoms with Gasteiger partial charge in [0, 0.05) is 19.0 Å². The molecule has 114 valence electrons. The Hall–Kier alpha value is -1.80. The molecule has 1 heterocycles. The fourth-order valence-electron chi connectivity index (χ4n) is 2.28. The quantitative estimate of drug-likeness (QED) is 0.623. The van der Waals surface area contributed by atoms with Crippen molar-refractivity contribution in [2.75, 3.05) is 13.1 Å². The molecule has 1 aromatic rings. The first-order valence-electron chi connectivity index (χ1n) is 6.51. The Kier molecular flexibility index (Phi) is 4.11. The van der Waals surface area contributed by atoms with Gasteiger partial charge in [0.2, 0.25) is 10.0 Å². The summed E-state index contributed by atoms with van der Waals surface area (Å²) in [4.78, 5) is 21.5. The molecular weight excluding hydrogens is 296 g/mol. The predicted molar refractivity (Wildman–Crippen MR) is 75.6 cm³/mol. The van der Waals surface area contributed by atoms with Gasteiger partial charge in [-0.05, 0) is 37.5 Å². The summed E-state index contributed by atoms with van der Waals surface area (Å²) in [5.74, 6) is -0.170. The van der Waals surface area contributed by atoms with Gasteiger partial charge in [0.25, 0.3) is 5.69 Å². The number of aryl methyl sites for hydroxylation is 2. The summed E-state index contributed by atoms with van der Waals surface area (Å²) in [5, 5.41) is 11.1. The minimum atomic E-state index is -4.04. The number of benzene rings is 1. The molecule has 21 heavy (non-hydrogen) atoms. The predicted octanol–water partition coefficient (Wildman–Crippen LogP) is 1.57. The Morgan fingerprint density at radius 2 is 1.86 bits per heavy atom. The van der Waals surface area contributed by atoms with Crippen LogP contribution in [0.25, 0.3) is 0 Å². The molecule has 1 aromatic carbocycles. The normalized spacial score (nSPS) is 17.0. The monoisotopic (exact) mass is 312 g/mol. The number of nitro groups is 1. The number of rotatable bonds is 3. The molecule has 0 spiro atoms. The van der Waals surface area contributed by atoms with Crippen LogP contribution in [-0.2, 0) is 14.8 Å². The molecule has 0 unspecified atom stereocenters. The largest absolute Gasteiger partial charge is 0.298 e. The Labute approximate surface area is 122 Å². The molecule has 0 saturated carbocycles. The summed E-state index contributed by atoms with van der Waals surface area (Å²) in [6.45, 7) is 3.37. The number of nitro benzene ring substituents is 1. The van der Waals surface area contributed by atoms with E-state index < -0.39 is 20.6 Å². The minimum absolute atomic E-state index is 0.170. The van der Waals surface area contributed by atoms with Crippen molar-refractivity contribution >= 4 is 21.5 Å². The topological polar surface area (TPSA) is 97.6 Å². The maximum Gasteiger partial charge on any atom is 0.289 e. The summed E-state index contributed by atoms with van der Waals surface area (Å²) >= 11 is 0. The van der Waals surface area contributed by atoms with Gasteiger partial charge in [-0.2, -0.15) is 4.31 Å². The standard InChI is InChI=1S/C13H16N2O5S/c1-9-6-12(15(17)18)13(7-10(9)2)21(19,20)14-5-3-4-11(16)8-14/h6-7H,3-5,8H2,1-2H3. The highest BCUT2D eigenvalue weighted by molar-refractivity contribution is 7.89. The van der Waals surface area contributed by atoms with E-state index in [0.29, 0.717) is 24.0 Å². The number of sulfonamides is 1. The van der Waals surface area contributed by atoms with E-state index in [1.165, 1.54) is 12.1 Å². The third kappa shape index (κ3) is 2.96. The molecule has 7 nitrogen and oxygen atoms in total. The van der Waals surface area contributed by atoms with Gasteiger partial charge >= 0.3 is 0 Å². The van der Waals surface area contributed by atoms with Crippen molar-refractivity contribution in [3.8, 4) is 0 Å². The molecule has 2 rings (SSSR count). The van der Waals surface area contributed by atoms with Crippen LogP contribution in [0.5, 0.6) is 0 Å². The van der Waals surface area contributed by atoms with E-state index in [2.05, 4.69) is 0 Å². The number of Topliss-reactive ketones (excluding diaryl/α,β-unsaturated/α-hetero) is 1. The van der Waals surface area contributed by atoms with E-state index in [-0.39, 0.29) is 23.8 Å². The third-order valence-electron chi connectivity index (χ3n) is 3.61. The molecule has 1 aliphatic rings. The summed E-state index contributed by atoms with van der Waals surface area (Å²) < 4.78 is 26.2. The highest BCUT2D eigenvalue weighted by atomic mass is 32.2. The SMILES string of the molecule is Cc1cc([N+](=O)[O-])c(S(=O)(=O)N2CCCC(=O)C2)cc1C. The van der Waals surface area contributed by atoms with Gasteiger partial charge in [-0.1, -0.05) is 0 Å². The summed E-state index contributed by atoms with van der Waals surface area (Å²) in [6.07, 6.45) is 0.789. The maximum absolute atomic E-state index is 12.6. The lowest BCUT2D eigenvalue weighted by atomic mass is 10.1. The molecule has 0 bridgehead atoms. The number of carbonyl (C=O) groups excluding carboxylic acids is 1. The average Bonchev–Trinajstić information content (AvgIpc) is 2.41. The zero-order chi connectivity index (χ0) is 15.8. The van der Waals surface area contributed by atoms with Gasteiger partial charge in [-0.25, -0.2) is 8.42 Å². The van der Waals surface area contributed by atoms with Gasteiger partial charge in [-0.15, -0.1) is 0 Å². The lowest BCUT2D eigenvalue weighted by molar-refractivity contribution is -0.387. The van der Waals surface area contributed by atoms with Crippen molar-refractivity contribution < 1.29 is 18.1 Å². The zero-order valence-corrected chi connectivity index (χ0v) is 12.6. The molecular formula is C13H16N2O5S. The molecule has 1 saturated heterocycles. The number of ketones is 1. The maximum atomic E-state index is 12.6. The molecule has 0 amide bonds. The second-order valence-corrected chi connectivity index (χ2v) is 7.05. The van der Waals surface area contributed by atoms with Crippen molar-refractivity contribution in [3.05, 3.63) is 33.4 Å². The minimum Gasteiger partial charge on any atom is -0.298 e. The molecule has 0 radical (unpaired) electrons. The van der Waals surface area contributed by atoms with Crippen molar-refractivity contribution in [3.63, 3.8) is 0 Å².